The van der Waals surface area contributed by atoms with Gasteiger partial charge in [-0.25, -0.2) is 4.99 Å². The fraction of sp³-hybridized carbons (Fsp3) is 0.500. The zero-order valence-corrected chi connectivity index (χ0v) is 9.86. The van der Waals surface area contributed by atoms with Crippen molar-refractivity contribution in [1.29, 1.82) is 0 Å². The fourth-order valence-corrected chi connectivity index (χ4v) is 1.60. The van der Waals surface area contributed by atoms with E-state index in [1.807, 2.05) is 6.08 Å². The van der Waals surface area contributed by atoms with E-state index in [0.717, 1.165) is 0 Å². The molecular weight excluding hydrogens is 234 g/mol. The van der Waals surface area contributed by atoms with Crippen LogP contribution in [0.5, 0.6) is 0 Å². The molecule has 1 aliphatic rings. The Labute approximate surface area is 104 Å². The zero-order chi connectivity index (χ0) is 12.8. The number of carbonyl (C=O) groups excluding carboxylic acids is 1. The molecule has 0 saturated heterocycles. The number of aromatic nitrogens is 4. The van der Waals surface area contributed by atoms with Crippen molar-refractivity contribution in [1.82, 2.24) is 25.5 Å². The van der Waals surface area contributed by atoms with Gasteiger partial charge in [0.1, 0.15) is 6.34 Å². The molecule has 0 spiro atoms. The molecule has 96 valence electrons. The minimum absolute atomic E-state index is 0.0157. The molecule has 1 amide bonds. The van der Waals surface area contributed by atoms with E-state index in [9.17, 15) is 4.79 Å². The molecule has 1 aliphatic heterocycles. The highest BCUT2D eigenvalue weighted by molar-refractivity contribution is 5.75. The first kappa shape index (κ1) is 12.4. The quantitative estimate of drug-likeness (QED) is 0.696. The van der Waals surface area contributed by atoms with Crippen LogP contribution in [0.3, 0.4) is 0 Å². The predicted molar refractivity (Wildman–Crippen MR) is 64.9 cm³/mol. The Hall–Kier alpha value is -2.09. The molecule has 0 aliphatic carbocycles. The van der Waals surface area contributed by atoms with Gasteiger partial charge in [-0.2, -0.15) is 4.68 Å². The highest BCUT2D eigenvalue weighted by atomic mass is 16.1. The zero-order valence-electron chi connectivity index (χ0n) is 9.86. The second kappa shape index (κ2) is 6.01. The van der Waals surface area contributed by atoms with Crippen LogP contribution in [0.15, 0.2) is 17.3 Å². The third-order valence-corrected chi connectivity index (χ3v) is 2.56. The van der Waals surface area contributed by atoms with Crippen LogP contribution in [-0.4, -0.2) is 45.5 Å². The number of hydrogen-bond acceptors (Lipinski definition) is 6. The van der Waals surface area contributed by atoms with E-state index >= 15 is 0 Å². The number of hydrogen-bond donors (Lipinski definition) is 2. The van der Waals surface area contributed by atoms with Gasteiger partial charge in [-0.05, 0) is 23.4 Å². The largest absolute Gasteiger partial charge is 0.355 e. The van der Waals surface area contributed by atoms with Crippen molar-refractivity contribution in [3.8, 4) is 0 Å². The van der Waals surface area contributed by atoms with E-state index in [-0.39, 0.29) is 11.8 Å². The van der Waals surface area contributed by atoms with Crippen LogP contribution in [0.4, 0.5) is 0 Å². The molecule has 8 heteroatoms. The summed E-state index contributed by atoms with van der Waals surface area (Å²) in [5.41, 5.74) is 5.35. The monoisotopic (exact) mass is 249 g/mol. The minimum Gasteiger partial charge on any atom is -0.355 e. The van der Waals surface area contributed by atoms with Crippen molar-refractivity contribution in [3.63, 3.8) is 0 Å². The lowest BCUT2D eigenvalue weighted by molar-refractivity contribution is -0.121. The van der Waals surface area contributed by atoms with Gasteiger partial charge in [-0.1, -0.05) is 6.08 Å². The molecule has 18 heavy (non-hydrogen) atoms. The summed E-state index contributed by atoms with van der Waals surface area (Å²) in [6.07, 6.45) is 6.17. The molecule has 1 aromatic heterocycles. The number of aliphatic imine (C=N–C) groups is 1. The Morgan fingerprint density at radius 1 is 1.56 bits per heavy atom. The van der Waals surface area contributed by atoms with E-state index in [1.54, 1.807) is 6.20 Å². The SMILES string of the molecule is NCCCC(=O)NCC1C=CN=Cn2nnnc21. The van der Waals surface area contributed by atoms with Gasteiger partial charge in [0, 0.05) is 19.2 Å². The van der Waals surface area contributed by atoms with Crippen molar-refractivity contribution in [2.75, 3.05) is 13.1 Å². The van der Waals surface area contributed by atoms with Crippen LogP contribution >= 0.6 is 0 Å². The van der Waals surface area contributed by atoms with Crippen molar-refractivity contribution in [3.05, 3.63) is 18.1 Å². The van der Waals surface area contributed by atoms with Crippen molar-refractivity contribution in [2.45, 2.75) is 18.8 Å². The Morgan fingerprint density at radius 3 is 3.28 bits per heavy atom. The van der Waals surface area contributed by atoms with E-state index in [2.05, 4.69) is 25.8 Å². The number of nitrogens with one attached hydrogen (secondary N) is 1. The van der Waals surface area contributed by atoms with Gasteiger partial charge in [0.2, 0.25) is 5.91 Å². The minimum atomic E-state index is -0.0793. The first-order valence-corrected chi connectivity index (χ1v) is 5.75. The number of nitrogens with zero attached hydrogens (tertiary/aromatic N) is 5. The standard InChI is InChI=1S/C10H15N7O/c11-4-1-2-9(18)13-6-8-3-5-12-7-17-10(8)14-15-16-17/h3,5,7-8H,1-2,4,6,11H2,(H,13,18). The predicted octanol–water partition coefficient (Wildman–Crippen LogP) is -0.984. The summed E-state index contributed by atoms with van der Waals surface area (Å²) in [6.45, 7) is 0.965. The third kappa shape index (κ3) is 2.98. The van der Waals surface area contributed by atoms with Gasteiger partial charge in [-0.3, -0.25) is 4.79 Å². The summed E-state index contributed by atoms with van der Waals surface area (Å²) < 4.78 is 1.50. The first-order valence-electron chi connectivity index (χ1n) is 5.75. The van der Waals surface area contributed by atoms with E-state index in [0.29, 0.717) is 31.8 Å². The number of carbonyl (C=O) groups is 1. The van der Waals surface area contributed by atoms with Crippen LogP contribution in [0.1, 0.15) is 24.6 Å². The molecule has 0 saturated carbocycles. The Morgan fingerprint density at radius 2 is 2.44 bits per heavy atom. The Balaban J connectivity index is 1.93. The smallest absolute Gasteiger partial charge is 0.220 e. The topological polar surface area (TPSA) is 111 Å². The second-order valence-corrected chi connectivity index (χ2v) is 3.89. The van der Waals surface area contributed by atoms with Gasteiger partial charge in [-0.15, -0.1) is 5.10 Å². The summed E-state index contributed by atoms with van der Waals surface area (Å²) in [5, 5.41) is 14.1. The normalized spacial score (nSPS) is 17.3. The molecule has 0 radical (unpaired) electrons. The maximum absolute atomic E-state index is 11.5. The molecule has 2 heterocycles. The number of amides is 1. The van der Waals surface area contributed by atoms with Gasteiger partial charge >= 0.3 is 0 Å². The molecular formula is C10H15N7O. The van der Waals surface area contributed by atoms with Crippen LogP contribution in [0, 0.1) is 0 Å². The Bertz CT molecular complexity index is 465. The molecule has 8 nitrogen and oxygen atoms in total. The second-order valence-electron chi connectivity index (χ2n) is 3.89. The molecule has 0 fully saturated rings. The van der Waals surface area contributed by atoms with E-state index in [4.69, 9.17) is 5.73 Å². The summed E-state index contributed by atoms with van der Waals surface area (Å²) in [4.78, 5) is 15.5. The van der Waals surface area contributed by atoms with Gasteiger partial charge in [0.05, 0.1) is 5.92 Å². The summed E-state index contributed by atoms with van der Waals surface area (Å²) >= 11 is 0. The summed E-state index contributed by atoms with van der Waals surface area (Å²) in [7, 11) is 0. The van der Waals surface area contributed by atoms with E-state index in [1.165, 1.54) is 11.0 Å². The van der Waals surface area contributed by atoms with Gasteiger partial charge in [0.15, 0.2) is 5.82 Å². The lowest BCUT2D eigenvalue weighted by Crippen LogP contribution is -2.29. The molecule has 0 bridgehead atoms. The maximum Gasteiger partial charge on any atom is 0.220 e. The maximum atomic E-state index is 11.5. The van der Waals surface area contributed by atoms with Crippen molar-refractivity contribution in [2.24, 2.45) is 10.7 Å². The van der Waals surface area contributed by atoms with E-state index < -0.39 is 0 Å². The average molecular weight is 249 g/mol. The van der Waals surface area contributed by atoms with Gasteiger partial charge in [0.25, 0.3) is 0 Å². The molecule has 1 atom stereocenters. The number of rotatable bonds is 5. The fourth-order valence-electron chi connectivity index (χ4n) is 1.60. The highest BCUT2D eigenvalue weighted by Gasteiger charge is 2.18. The van der Waals surface area contributed by atoms with Gasteiger partial charge < -0.3 is 11.1 Å². The third-order valence-electron chi connectivity index (χ3n) is 2.56. The molecule has 3 N–H and O–H groups in total. The average Bonchev–Trinajstić information content (AvgIpc) is 2.76. The van der Waals surface area contributed by atoms with Crippen LogP contribution in [0.25, 0.3) is 0 Å². The number of tetrazole rings is 1. The first-order chi connectivity index (χ1) is 8.81. The van der Waals surface area contributed by atoms with Crippen LogP contribution in [-0.2, 0) is 4.79 Å². The van der Waals surface area contributed by atoms with Crippen LogP contribution in [0.2, 0.25) is 0 Å². The molecule has 1 aromatic rings. The molecule has 1 unspecified atom stereocenters. The molecule has 0 aromatic carbocycles. The summed E-state index contributed by atoms with van der Waals surface area (Å²) in [5.74, 6) is 0.564. The molecule has 2 rings (SSSR count). The number of fused-ring (bicyclic) bond motifs is 1. The summed E-state index contributed by atoms with van der Waals surface area (Å²) in [6, 6.07) is 0. The lowest BCUT2D eigenvalue weighted by Gasteiger charge is -2.10. The highest BCUT2D eigenvalue weighted by Crippen LogP contribution is 2.14. The lowest BCUT2D eigenvalue weighted by atomic mass is 10.1. The van der Waals surface area contributed by atoms with Crippen LogP contribution < -0.4 is 11.1 Å². The van der Waals surface area contributed by atoms with Crippen molar-refractivity contribution >= 4 is 12.2 Å². The van der Waals surface area contributed by atoms with Crippen molar-refractivity contribution < 1.29 is 4.79 Å². The number of nitrogens with two attached hydrogens (primary N) is 1. The Kier molecular flexibility index (Phi) is 4.13.